The minimum atomic E-state index is 0.404. The number of ether oxygens (including phenoxy) is 1. The Labute approximate surface area is 106 Å². The Morgan fingerprint density at radius 1 is 1.33 bits per heavy atom. The highest BCUT2D eigenvalue weighted by atomic mass is 16.5. The van der Waals surface area contributed by atoms with Crippen molar-refractivity contribution in [1.29, 1.82) is 5.26 Å². The van der Waals surface area contributed by atoms with Gasteiger partial charge in [0.1, 0.15) is 17.6 Å². The van der Waals surface area contributed by atoms with Crippen LogP contribution in [0.2, 0.25) is 0 Å². The Morgan fingerprint density at radius 2 is 2.17 bits per heavy atom. The number of hydrogen-bond acceptors (Lipinski definition) is 4. The summed E-state index contributed by atoms with van der Waals surface area (Å²) in [7, 11) is 0. The molecule has 18 heavy (non-hydrogen) atoms. The SMILES string of the molecule is Cc1ncccc1Oc1ccc(CN)cc1C#N. The van der Waals surface area contributed by atoms with E-state index in [1.807, 2.05) is 19.1 Å². The first-order valence-electron chi connectivity index (χ1n) is 5.57. The predicted octanol–water partition coefficient (Wildman–Crippen LogP) is 2.51. The molecule has 0 aliphatic carbocycles. The van der Waals surface area contributed by atoms with Gasteiger partial charge < -0.3 is 10.5 Å². The number of aryl methyl sites for hydroxylation is 1. The molecule has 2 N–H and O–H groups in total. The summed E-state index contributed by atoms with van der Waals surface area (Å²) in [6, 6.07) is 11.1. The maximum absolute atomic E-state index is 9.10. The minimum Gasteiger partial charge on any atom is -0.454 e. The third-order valence-corrected chi connectivity index (χ3v) is 2.58. The molecular formula is C14H13N3O. The summed E-state index contributed by atoms with van der Waals surface area (Å²) >= 11 is 0. The zero-order valence-electron chi connectivity index (χ0n) is 10.1. The van der Waals surface area contributed by atoms with Crippen molar-refractivity contribution in [3.8, 4) is 17.6 Å². The first-order chi connectivity index (χ1) is 8.74. The van der Waals surface area contributed by atoms with Crippen molar-refractivity contribution in [1.82, 2.24) is 4.98 Å². The van der Waals surface area contributed by atoms with Crippen molar-refractivity contribution in [2.24, 2.45) is 5.73 Å². The lowest BCUT2D eigenvalue weighted by Crippen LogP contribution is -1.98. The first kappa shape index (κ1) is 12.1. The molecule has 1 aromatic carbocycles. The molecular weight excluding hydrogens is 226 g/mol. The predicted molar refractivity (Wildman–Crippen MR) is 68.1 cm³/mol. The van der Waals surface area contributed by atoms with Gasteiger partial charge in [0.05, 0.1) is 11.3 Å². The molecule has 0 aliphatic heterocycles. The Balaban J connectivity index is 2.35. The van der Waals surface area contributed by atoms with E-state index in [0.29, 0.717) is 23.6 Å². The van der Waals surface area contributed by atoms with Gasteiger partial charge in [0.25, 0.3) is 0 Å². The number of nitrogens with two attached hydrogens (primary N) is 1. The topological polar surface area (TPSA) is 71.9 Å². The maximum atomic E-state index is 9.10. The second kappa shape index (κ2) is 5.30. The van der Waals surface area contributed by atoms with E-state index in [0.717, 1.165) is 11.3 Å². The van der Waals surface area contributed by atoms with Crippen molar-refractivity contribution < 1.29 is 4.74 Å². The fourth-order valence-electron chi connectivity index (χ4n) is 1.58. The smallest absolute Gasteiger partial charge is 0.148 e. The van der Waals surface area contributed by atoms with Crippen molar-refractivity contribution in [3.05, 3.63) is 53.3 Å². The van der Waals surface area contributed by atoms with Crippen LogP contribution < -0.4 is 10.5 Å². The first-order valence-corrected chi connectivity index (χ1v) is 5.57. The molecule has 0 aliphatic rings. The van der Waals surface area contributed by atoms with E-state index in [9.17, 15) is 0 Å². The van der Waals surface area contributed by atoms with Gasteiger partial charge in [-0.3, -0.25) is 4.98 Å². The van der Waals surface area contributed by atoms with Crippen LogP contribution in [-0.4, -0.2) is 4.98 Å². The van der Waals surface area contributed by atoms with Crippen LogP contribution in [0.3, 0.4) is 0 Å². The van der Waals surface area contributed by atoms with Gasteiger partial charge in [-0.25, -0.2) is 0 Å². The Bertz CT molecular complexity index is 602. The third-order valence-electron chi connectivity index (χ3n) is 2.58. The van der Waals surface area contributed by atoms with Crippen LogP contribution in [0.5, 0.6) is 11.5 Å². The zero-order valence-corrected chi connectivity index (χ0v) is 10.1. The molecule has 0 spiro atoms. The number of hydrogen-bond donors (Lipinski definition) is 1. The molecule has 0 bridgehead atoms. The highest BCUT2D eigenvalue weighted by molar-refractivity contribution is 5.47. The monoisotopic (exact) mass is 239 g/mol. The lowest BCUT2D eigenvalue weighted by Gasteiger charge is -2.09. The maximum Gasteiger partial charge on any atom is 0.148 e. The molecule has 1 heterocycles. The molecule has 2 aromatic rings. The largest absolute Gasteiger partial charge is 0.454 e. The fraction of sp³-hybridized carbons (Fsp3) is 0.143. The Hall–Kier alpha value is -2.38. The summed E-state index contributed by atoms with van der Waals surface area (Å²) < 4.78 is 5.70. The van der Waals surface area contributed by atoms with Gasteiger partial charge in [-0.05, 0) is 36.8 Å². The molecule has 0 radical (unpaired) electrons. The van der Waals surface area contributed by atoms with Crippen molar-refractivity contribution in [2.45, 2.75) is 13.5 Å². The van der Waals surface area contributed by atoms with Crippen LogP contribution >= 0.6 is 0 Å². The van der Waals surface area contributed by atoms with Gasteiger partial charge >= 0.3 is 0 Å². The standard InChI is InChI=1S/C14H13N3O/c1-10-13(3-2-6-17-10)18-14-5-4-11(8-15)7-12(14)9-16/h2-7H,8,15H2,1H3. The highest BCUT2D eigenvalue weighted by Crippen LogP contribution is 2.27. The van der Waals surface area contributed by atoms with Crippen LogP contribution in [0, 0.1) is 18.3 Å². The van der Waals surface area contributed by atoms with E-state index < -0.39 is 0 Å². The van der Waals surface area contributed by atoms with Gasteiger partial charge in [0.15, 0.2) is 0 Å². The van der Waals surface area contributed by atoms with Crippen molar-refractivity contribution in [2.75, 3.05) is 0 Å². The molecule has 0 atom stereocenters. The van der Waals surface area contributed by atoms with Crippen molar-refractivity contribution >= 4 is 0 Å². The number of rotatable bonds is 3. The lowest BCUT2D eigenvalue weighted by molar-refractivity contribution is 0.474. The number of aromatic nitrogens is 1. The van der Waals surface area contributed by atoms with E-state index in [1.54, 1.807) is 24.4 Å². The average Bonchev–Trinajstić information content (AvgIpc) is 2.41. The molecule has 4 heteroatoms. The van der Waals surface area contributed by atoms with Crippen molar-refractivity contribution in [3.63, 3.8) is 0 Å². The second-order valence-corrected chi connectivity index (χ2v) is 3.84. The summed E-state index contributed by atoms with van der Waals surface area (Å²) in [4.78, 5) is 4.14. The van der Waals surface area contributed by atoms with Gasteiger partial charge in [0.2, 0.25) is 0 Å². The molecule has 0 saturated heterocycles. The summed E-state index contributed by atoms with van der Waals surface area (Å²) in [5, 5.41) is 9.10. The lowest BCUT2D eigenvalue weighted by atomic mass is 10.1. The third kappa shape index (κ3) is 2.47. The van der Waals surface area contributed by atoms with Crippen LogP contribution in [0.25, 0.3) is 0 Å². The van der Waals surface area contributed by atoms with Gasteiger partial charge in [-0.2, -0.15) is 5.26 Å². The molecule has 0 unspecified atom stereocenters. The summed E-state index contributed by atoms with van der Waals surface area (Å²) in [5.41, 5.74) is 7.70. The summed E-state index contributed by atoms with van der Waals surface area (Å²) in [6.45, 7) is 2.26. The van der Waals surface area contributed by atoms with Crippen LogP contribution in [0.1, 0.15) is 16.8 Å². The molecule has 4 nitrogen and oxygen atoms in total. The van der Waals surface area contributed by atoms with Gasteiger partial charge in [0, 0.05) is 12.7 Å². The fourth-order valence-corrected chi connectivity index (χ4v) is 1.58. The molecule has 90 valence electrons. The Morgan fingerprint density at radius 3 is 2.83 bits per heavy atom. The van der Waals surface area contributed by atoms with Crippen LogP contribution in [-0.2, 0) is 6.54 Å². The van der Waals surface area contributed by atoms with Gasteiger partial charge in [-0.1, -0.05) is 6.07 Å². The van der Waals surface area contributed by atoms with Crippen LogP contribution in [0.4, 0.5) is 0 Å². The average molecular weight is 239 g/mol. The highest BCUT2D eigenvalue weighted by Gasteiger charge is 2.07. The van der Waals surface area contributed by atoms with E-state index in [-0.39, 0.29) is 0 Å². The molecule has 0 fully saturated rings. The number of pyridine rings is 1. The van der Waals surface area contributed by atoms with Crippen LogP contribution in [0.15, 0.2) is 36.5 Å². The minimum absolute atomic E-state index is 0.404. The zero-order chi connectivity index (χ0) is 13.0. The number of nitriles is 1. The van der Waals surface area contributed by atoms with E-state index in [1.165, 1.54) is 0 Å². The molecule has 2 rings (SSSR count). The quantitative estimate of drug-likeness (QED) is 0.893. The van der Waals surface area contributed by atoms with E-state index in [4.69, 9.17) is 15.7 Å². The second-order valence-electron chi connectivity index (χ2n) is 3.84. The Kier molecular flexibility index (Phi) is 3.56. The molecule has 0 amide bonds. The van der Waals surface area contributed by atoms with Gasteiger partial charge in [-0.15, -0.1) is 0 Å². The summed E-state index contributed by atoms with van der Waals surface area (Å²) in [6.07, 6.45) is 1.70. The molecule has 0 saturated carbocycles. The number of benzene rings is 1. The summed E-state index contributed by atoms with van der Waals surface area (Å²) in [5.74, 6) is 1.17. The number of nitrogens with zero attached hydrogens (tertiary/aromatic N) is 2. The van der Waals surface area contributed by atoms with E-state index >= 15 is 0 Å². The normalized spacial score (nSPS) is 9.83. The van der Waals surface area contributed by atoms with E-state index in [2.05, 4.69) is 11.1 Å². The molecule has 1 aromatic heterocycles.